The molecule has 1 fully saturated rings. The van der Waals surface area contributed by atoms with E-state index in [4.69, 9.17) is 0 Å². The largest absolute Gasteiger partial charge is 0.353 e. The molecule has 1 unspecified atom stereocenters. The van der Waals surface area contributed by atoms with Gasteiger partial charge < -0.3 is 10.2 Å². The minimum Gasteiger partial charge on any atom is -0.353 e. The first kappa shape index (κ1) is 21.0. The standard InChI is InChI=1S/C24H31N3O2/c1-4-6-22(28)27-14-11-24(17-27,23(29)26-18(2)3)16-19-7-5-8-21(15-19)20-9-12-25-13-10-20/h5,7-10,12-13,15,18H,4,6,11,14,16-17H2,1-3H3,(H,26,29). The van der Waals surface area contributed by atoms with Gasteiger partial charge in [0.1, 0.15) is 0 Å². The van der Waals surface area contributed by atoms with Gasteiger partial charge in [0, 0.05) is 37.9 Å². The zero-order valence-electron chi connectivity index (χ0n) is 17.6. The summed E-state index contributed by atoms with van der Waals surface area (Å²) in [7, 11) is 0. The number of nitrogens with one attached hydrogen (secondary N) is 1. The molecule has 1 aromatic carbocycles. The lowest BCUT2D eigenvalue weighted by molar-refractivity contribution is -0.133. The number of carbonyl (C=O) groups excluding carboxylic acids is 2. The van der Waals surface area contributed by atoms with Gasteiger partial charge >= 0.3 is 0 Å². The lowest BCUT2D eigenvalue weighted by Crippen LogP contribution is -2.47. The average molecular weight is 394 g/mol. The summed E-state index contributed by atoms with van der Waals surface area (Å²) in [5, 5.41) is 3.10. The summed E-state index contributed by atoms with van der Waals surface area (Å²) >= 11 is 0. The van der Waals surface area contributed by atoms with Crippen molar-refractivity contribution in [3.05, 3.63) is 54.4 Å². The van der Waals surface area contributed by atoms with E-state index in [2.05, 4.69) is 28.5 Å². The summed E-state index contributed by atoms with van der Waals surface area (Å²) in [6, 6.07) is 12.4. The highest BCUT2D eigenvalue weighted by Gasteiger charge is 2.45. The second-order valence-electron chi connectivity index (χ2n) is 8.34. The molecule has 154 valence electrons. The summed E-state index contributed by atoms with van der Waals surface area (Å²) in [6.07, 6.45) is 6.26. The quantitative estimate of drug-likeness (QED) is 0.777. The molecule has 1 aromatic heterocycles. The van der Waals surface area contributed by atoms with E-state index in [0.717, 1.165) is 23.1 Å². The Morgan fingerprint density at radius 1 is 1.17 bits per heavy atom. The first-order valence-electron chi connectivity index (χ1n) is 10.5. The highest BCUT2D eigenvalue weighted by atomic mass is 16.2. The van der Waals surface area contributed by atoms with Crippen LogP contribution in [0.3, 0.4) is 0 Å². The number of carbonyl (C=O) groups is 2. The maximum atomic E-state index is 13.2. The SMILES string of the molecule is CCCC(=O)N1CCC(Cc2cccc(-c3ccncc3)c2)(C(=O)NC(C)C)C1. The van der Waals surface area contributed by atoms with Crippen LogP contribution >= 0.6 is 0 Å². The van der Waals surface area contributed by atoms with Crippen molar-refractivity contribution in [1.82, 2.24) is 15.2 Å². The van der Waals surface area contributed by atoms with Crippen LogP contribution in [0.25, 0.3) is 11.1 Å². The molecule has 0 saturated carbocycles. The van der Waals surface area contributed by atoms with Gasteiger partial charge in [0.15, 0.2) is 0 Å². The van der Waals surface area contributed by atoms with Crippen LogP contribution < -0.4 is 5.32 Å². The highest BCUT2D eigenvalue weighted by molar-refractivity contribution is 5.86. The second kappa shape index (κ2) is 9.21. The van der Waals surface area contributed by atoms with E-state index in [1.807, 2.05) is 43.9 Å². The van der Waals surface area contributed by atoms with Gasteiger partial charge in [-0.25, -0.2) is 0 Å². The molecule has 5 nitrogen and oxygen atoms in total. The lowest BCUT2D eigenvalue weighted by Gasteiger charge is -2.29. The van der Waals surface area contributed by atoms with E-state index in [0.29, 0.717) is 32.4 Å². The number of amides is 2. The number of likely N-dealkylation sites (tertiary alicyclic amines) is 1. The monoisotopic (exact) mass is 393 g/mol. The van der Waals surface area contributed by atoms with Gasteiger partial charge in [-0.15, -0.1) is 0 Å². The third-order valence-corrected chi connectivity index (χ3v) is 5.55. The third kappa shape index (κ3) is 5.03. The van der Waals surface area contributed by atoms with Gasteiger partial charge in [-0.3, -0.25) is 14.6 Å². The van der Waals surface area contributed by atoms with Gasteiger partial charge in [-0.05, 0) is 61.9 Å². The van der Waals surface area contributed by atoms with Gasteiger partial charge in [-0.2, -0.15) is 0 Å². The van der Waals surface area contributed by atoms with E-state index >= 15 is 0 Å². The van der Waals surface area contributed by atoms with E-state index < -0.39 is 5.41 Å². The van der Waals surface area contributed by atoms with Crippen LogP contribution in [0.2, 0.25) is 0 Å². The van der Waals surface area contributed by atoms with Crippen molar-refractivity contribution in [1.29, 1.82) is 0 Å². The predicted octanol–water partition coefficient (Wildman–Crippen LogP) is 3.83. The number of hydrogen-bond acceptors (Lipinski definition) is 3. The van der Waals surface area contributed by atoms with Crippen molar-refractivity contribution >= 4 is 11.8 Å². The van der Waals surface area contributed by atoms with Crippen LogP contribution in [0.1, 0.15) is 45.6 Å². The Morgan fingerprint density at radius 3 is 2.62 bits per heavy atom. The number of hydrogen-bond donors (Lipinski definition) is 1. The Morgan fingerprint density at radius 2 is 1.93 bits per heavy atom. The minimum atomic E-state index is -0.579. The van der Waals surface area contributed by atoms with Crippen molar-refractivity contribution in [3.8, 4) is 11.1 Å². The van der Waals surface area contributed by atoms with Crippen molar-refractivity contribution in [2.75, 3.05) is 13.1 Å². The first-order chi connectivity index (χ1) is 13.9. The van der Waals surface area contributed by atoms with Crippen LogP contribution in [0.4, 0.5) is 0 Å². The van der Waals surface area contributed by atoms with E-state index in [-0.39, 0.29) is 17.9 Å². The van der Waals surface area contributed by atoms with Crippen LogP contribution in [-0.4, -0.2) is 40.8 Å². The van der Waals surface area contributed by atoms with Crippen molar-refractivity contribution < 1.29 is 9.59 Å². The maximum Gasteiger partial charge on any atom is 0.228 e. The van der Waals surface area contributed by atoms with Crippen LogP contribution in [-0.2, 0) is 16.0 Å². The van der Waals surface area contributed by atoms with E-state index in [9.17, 15) is 9.59 Å². The van der Waals surface area contributed by atoms with Crippen LogP contribution in [0, 0.1) is 5.41 Å². The molecule has 0 bridgehead atoms. The van der Waals surface area contributed by atoms with E-state index in [1.165, 1.54) is 0 Å². The van der Waals surface area contributed by atoms with Crippen molar-refractivity contribution in [2.24, 2.45) is 5.41 Å². The van der Waals surface area contributed by atoms with Gasteiger partial charge in [0.25, 0.3) is 0 Å². The zero-order valence-corrected chi connectivity index (χ0v) is 17.6. The molecule has 1 aliphatic rings. The molecule has 0 spiro atoms. The molecule has 5 heteroatoms. The minimum absolute atomic E-state index is 0.0496. The van der Waals surface area contributed by atoms with Gasteiger partial charge in [0.05, 0.1) is 5.41 Å². The van der Waals surface area contributed by atoms with Gasteiger partial charge in [0.2, 0.25) is 11.8 Å². The molecular formula is C24H31N3O2. The number of benzene rings is 1. The Bertz CT molecular complexity index is 850. The fourth-order valence-corrected chi connectivity index (χ4v) is 4.08. The number of nitrogens with zero attached hydrogens (tertiary/aromatic N) is 2. The summed E-state index contributed by atoms with van der Waals surface area (Å²) < 4.78 is 0. The number of pyridine rings is 1. The molecule has 1 saturated heterocycles. The summed E-state index contributed by atoms with van der Waals surface area (Å²) in [5.41, 5.74) is 2.75. The Balaban J connectivity index is 1.86. The molecule has 0 radical (unpaired) electrons. The zero-order chi connectivity index (χ0) is 20.9. The lowest BCUT2D eigenvalue weighted by atomic mass is 9.79. The maximum absolute atomic E-state index is 13.2. The fourth-order valence-electron chi connectivity index (χ4n) is 4.08. The molecule has 0 aliphatic carbocycles. The molecule has 2 aromatic rings. The fraction of sp³-hybridized carbons (Fsp3) is 0.458. The Labute approximate surface area is 173 Å². The van der Waals surface area contributed by atoms with Gasteiger partial charge in [-0.1, -0.05) is 31.2 Å². The average Bonchev–Trinajstić information content (AvgIpc) is 3.14. The van der Waals surface area contributed by atoms with Crippen LogP contribution in [0.15, 0.2) is 48.8 Å². The summed E-state index contributed by atoms with van der Waals surface area (Å²) in [4.78, 5) is 31.6. The molecule has 3 rings (SSSR count). The molecular weight excluding hydrogens is 362 g/mol. The number of aromatic nitrogens is 1. The predicted molar refractivity (Wildman–Crippen MR) is 115 cm³/mol. The second-order valence-corrected chi connectivity index (χ2v) is 8.34. The smallest absolute Gasteiger partial charge is 0.228 e. The van der Waals surface area contributed by atoms with E-state index in [1.54, 1.807) is 12.4 Å². The molecule has 2 amide bonds. The van der Waals surface area contributed by atoms with Crippen LogP contribution in [0.5, 0.6) is 0 Å². The Hall–Kier alpha value is -2.69. The molecule has 1 N–H and O–H groups in total. The third-order valence-electron chi connectivity index (χ3n) is 5.55. The normalized spacial score (nSPS) is 18.8. The molecule has 1 atom stereocenters. The topological polar surface area (TPSA) is 62.3 Å². The first-order valence-corrected chi connectivity index (χ1v) is 10.5. The summed E-state index contributed by atoms with van der Waals surface area (Å²) in [5.74, 6) is 0.200. The molecule has 29 heavy (non-hydrogen) atoms. The molecule has 2 heterocycles. The van der Waals surface area contributed by atoms with Crippen molar-refractivity contribution in [3.63, 3.8) is 0 Å². The number of rotatable bonds is 7. The highest BCUT2D eigenvalue weighted by Crippen LogP contribution is 2.36. The molecule has 1 aliphatic heterocycles. The summed E-state index contributed by atoms with van der Waals surface area (Å²) in [6.45, 7) is 7.10. The Kier molecular flexibility index (Phi) is 6.68. The van der Waals surface area contributed by atoms with Crippen molar-refractivity contribution in [2.45, 2.75) is 52.5 Å².